The second-order valence-electron chi connectivity index (χ2n) is 7.13. The number of anilines is 2. The Morgan fingerprint density at radius 1 is 1.07 bits per heavy atom. The van der Waals surface area contributed by atoms with Gasteiger partial charge in [0, 0.05) is 12.6 Å². The molecule has 1 aromatic heterocycles. The van der Waals surface area contributed by atoms with Crippen LogP contribution in [0, 0.1) is 5.82 Å². The molecule has 0 aliphatic heterocycles. The highest BCUT2D eigenvalue weighted by atomic mass is 32.1. The van der Waals surface area contributed by atoms with Crippen LogP contribution in [0.4, 0.5) is 15.2 Å². The summed E-state index contributed by atoms with van der Waals surface area (Å²) < 4.78 is 14.2. The molecule has 144 valence electrons. The number of benzene rings is 2. The van der Waals surface area contributed by atoms with Gasteiger partial charge in [-0.1, -0.05) is 36.3 Å². The molecule has 1 saturated carbocycles. The fraction of sp³-hybridized carbons (Fsp3) is 0.286. The van der Waals surface area contributed by atoms with Crippen molar-refractivity contribution in [3.8, 4) is 0 Å². The molecule has 1 heterocycles. The Hall–Kier alpha value is -2.80. The van der Waals surface area contributed by atoms with Crippen molar-refractivity contribution in [2.45, 2.75) is 38.0 Å². The summed E-state index contributed by atoms with van der Waals surface area (Å²) in [5, 5.41) is 6.24. The van der Waals surface area contributed by atoms with E-state index in [4.69, 9.17) is 0 Å². The first-order chi connectivity index (χ1) is 13.5. The minimum Gasteiger partial charge on any atom is -0.326 e. The first-order valence-electron chi connectivity index (χ1n) is 9.22. The van der Waals surface area contributed by atoms with Gasteiger partial charge in [-0.15, -0.1) is 0 Å². The Morgan fingerprint density at radius 3 is 2.46 bits per heavy atom. The van der Waals surface area contributed by atoms with E-state index in [-0.39, 0.29) is 17.6 Å². The van der Waals surface area contributed by atoms with Crippen molar-refractivity contribution >= 4 is 44.2 Å². The Labute approximate surface area is 166 Å². The molecule has 2 N–H and O–H groups in total. The van der Waals surface area contributed by atoms with Crippen molar-refractivity contribution < 1.29 is 14.0 Å². The van der Waals surface area contributed by atoms with Crippen LogP contribution in [0.5, 0.6) is 0 Å². The number of amides is 2. The lowest BCUT2D eigenvalue weighted by Gasteiger charge is -2.27. The predicted molar refractivity (Wildman–Crippen MR) is 109 cm³/mol. The molecule has 3 aromatic rings. The molecule has 0 saturated heterocycles. The van der Waals surface area contributed by atoms with Crippen molar-refractivity contribution in [2.75, 3.05) is 10.6 Å². The lowest BCUT2D eigenvalue weighted by atomic mass is 9.78. The number of fused-ring (bicyclic) bond motifs is 1. The van der Waals surface area contributed by atoms with E-state index < -0.39 is 5.41 Å². The average molecular weight is 397 g/mol. The van der Waals surface area contributed by atoms with E-state index in [2.05, 4.69) is 15.6 Å². The zero-order valence-corrected chi connectivity index (χ0v) is 16.2. The minimum absolute atomic E-state index is 0.0993. The van der Waals surface area contributed by atoms with Crippen molar-refractivity contribution in [3.05, 3.63) is 53.8 Å². The monoisotopic (exact) mass is 397 g/mol. The molecular formula is C21H20FN3O2S. The molecule has 1 aliphatic carbocycles. The fourth-order valence-electron chi connectivity index (χ4n) is 3.87. The van der Waals surface area contributed by atoms with Gasteiger partial charge in [-0.05, 0) is 48.7 Å². The molecule has 1 fully saturated rings. The third kappa shape index (κ3) is 3.49. The van der Waals surface area contributed by atoms with Crippen LogP contribution in [0.1, 0.15) is 38.2 Å². The number of carbonyl (C=O) groups excluding carboxylic acids is 2. The minimum atomic E-state index is -0.646. The van der Waals surface area contributed by atoms with Crippen molar-refractivity contribution in [1.29, 1.82) is 0 Å². The number of rotatable bonds is 4. The molecule has 0 bridgehead atoms. The summed E-state index contributed by atoms with van der Waals surface area (Å²) >= 11 is 1.37. The molecule has 0 spiro atoms. The molecule has 28 heavy (non-hydrogen) atoms. The standard InChI is InChI=1S/C21H20FN3O2S/c1-13(26)23-16-8-9-17-18(12-16)28-20(24-17)25-19(27)21(10-2-3-11-21)14-4-6-15(22)7-5-14/h4-9,12H,2-3,10-11H2,1H3,(H,23,26)(H,24,25,27). The quantitative estimate of drug-likeness (QED) is 0.661. The zero-order chi connectivity index (χ0) is 19.7. The van der Waals surface area contributed by atoms with Gasteiger partial charge in [-0.2, -0.15) is 0 Å². The predicted octanol–water partition coefficient (Wildman–Crippen LogP) is 4.84. The third-order valence-electron chi connectivity index (χ3n) is 5.22. The lowest BCUT2D eigenvalue weighted by Crippen LogP contribution is -2.37. The maximum absolute atomic E-state index is 13.3. The maximum atomic E-state index is 13.3. The molecule has 7 heteroatoms. The summed E-state index contributed by atoms with van der Waals surface area (Å²) in [6.07, 6.45) is 3.40. The van der Waals surface area contributed by atoms with Crippen LogP contribution >= 0.6 is 11.3 Å². The summed E-state index contributed by atoms with van der Waals surface area (Å²) in [6, 6.07) is 11.7. The molecule has 5 nitrogen and oxygen atoms in total. The van der Waals surface area contributed by atoms with Crippen molar-refractivity contribution in [2.24, 2.45) is 0 Å². The second-order valence-corrected chi connectivity index (χ2v) is 8.16. The van der Waals surface area contributed by atoms with Gasteiger partial charge in [0.15, 0.2) is 5.13 Å². The van der Waals surface area contributed by atoms with Gasteiger partial charge in [0.25, 0.3) is 0 Å². The molecule has 0 unspecified atom stereocenters. The zero-order valence-electron chi connectivity index (χ0n) is 15.4. The summed E-state index contributed by atoms with van der Waals surface area (Å²) in [4.78, 5) is 28.9. The van der Waals surface area contributed by atoms with E-state index >= 15 is 0 Å². The molecule has 1 aliphatic rings. The molecule has 2 aromatic carbocycles. The Bertz CT molecular complexity index is 1040. The van der Waals surface area contributed by atoms with Gasteiger partial charge in [-0.25, -0.2) is 9.37 Å². The normalized spacial score (nSPS) is 15.5. The average Bonchev–Trinajstić information content (AvgIpc) is 3.29. The van der Waals surface area contributed by atoms with E-state index in [9.17, 15) is 14.0 Å². The highest BCUT2D eigenvalue weighted by Crippen LogP contribution is 2.42. The molecule has 4 rings (SSSR count). The first kappa shape index (κ1) is 18.6. The number of nitrogens with one attached hydrogen (secondary N) is 2. The highest BCUT2D eigenvalue weighted by Gasteiger charge is 2.43. The lowest BCUT2D eigenvalue weighted by molar-refractivity contribution is -0.121. The first-order valence-corrected chi connectivity index (χ1v) is 10.0. The Balaban J connectivity index is 1.61. The van der Waals surface area contributed by atoms with E-state index in [1.165, 1.54) is 30.4 Å². The molecule has 2 amide bonds. The molecule has 0 atom stereocenters. The van der Waals surface area contributed by atoms with Crippen molar-refractivity contribution in [1.82, 2.24) is 4.98 Å². The second kappa shape index (κ2) is 7.31. The maximum Gasteiger partial charge on any atom is 0.236 e. The topological polar surface area (TPSA) is 71.1 Å². The number of nitrogens with zero attached hydrogens (tertiary/aromatic N) is 1. The van der Waals surface area contributed by atoms with Crippen LogP contribution in [-0.4, -0.2) is 16.8 Å². The van der Waals surface area contributed by atoms with Gasteiger partial charge < -0.3 is 10.6 Å². The van der Waals surface area contributed by atoms with Gasteiger partial charge in [0.2, 0.25) is 11.8 Å². The van der Waals surface area contributed by atoms with Crippen LogP contribution in [0.2, 0.25) is 0 Å². The Kier molecular flexibility index (Phi) is 4.85. The van der Waals surface area contributed by atoms with Crippen molar-refractivity contribution in [3.63, 3.8) is 0 Å². The van der Waals surface area contributed by atoms with Crippen LogP contribution in [0.3, 0.4) is 0 Å². The summed E-state index contributed by atoms with van der Waals surface area (Å²) in [5.74, 6) is -0.545. The summed E-state index contributed by atoms with van der Waals surface area (Å²) in [6.45, 7) is 1.46. The Morgan fingerprint density at radius 2 is 1.79 bits per heavy atom. The van der Waals surface area contributed by atoms with E-state index in [1.807, 2.05) is 12.1 Å². The van der Waals surface area contributed by atoms with E-state index in [0.29, 0.717) is 10.8 Å². The van der Waals surface area contributed by atoms with Gasteiger partial charge in [-0.3, -0.25) is 9.59 Å². The van der Waals surface area contributed by atoms with Crippen LogP contribution < -0.4 is 10.6 Å². The molecular weight excluding hydrogens is 377 g/mol. The number of thiazole rings is 1. The van der Waals surface area contributed by atoms with Crippen LogP contribution in [0.25, 0.3) is 10.2 Å². The van der Waals surface area contributed by atoms with E-state index in [0.717, 1.165) is 41.5 Å². The number of hydrogen-bond donors (Lipinski definition) is 2. The number of carbonyl (C=O) groups is 2. The van der Waals surface area contributed by atoms with Crippen LogP contribution in [-0.2, 0) is 15.0 Å². The SMILES string of the molecule is CC(=O)Nc1ccc2nc(NC(=O)C3(c4ccc(F)cc4)CCCC3)sc2c1. The number of halogens is 1. The third-order valence-corrected chi connectivity index (χ3v) is 6.15. The summed E-state index contributed by atoms with van der Waals surface area (Å²) in [5.41, 5.74) is 1.65. The van der Waals surface area contributed by atoms with Crippen LogP contribution in [0.15, 0.2) is 42.5 Å². The van der Waals surface area contributed by atoms with Gasteiger partial charge in [0.05, 0.1) is 15.6 Å². The van der Waals surface area contributed by atoms with Gasteiger partial charge >= 0.3 is 0 Å². The number of hydrogen-bond acceptors (Lipinski definition) is 4. The highest BCUT2D eigenvalue weighted by molar-refractivity contribution is 7.22. The number of aromatic nitrogens is 1. The fourth-order valence-corrected chi connectivity index (χ4v) is 4.77. The smallest absolute Gasteiger partial charge is 0.236 e. The van der Waals surface area contributed by atoms with E-state index in [1.54, 1.807) is 18.2 Å². The molecule has 0 radical (unpaired) electrons. The summed E-state index contributed by atoms with van der Waals surface area (Å²) in [7, 11) is 0. The largest absolute Gasteiger partial charge is 0.326 e. The van der Waals surface area contributed by atoms with Gasteiger partial charge in [0.1, 0.15) is 5.82 Å².